The van der Waals surface area contributed by atoms with E-state index in [1.54, 1.807) is 7.11 Å². The first-order chi connectivity index (χ1) is 7.55. The highest BCUT2D eigenvalue weighted by Gasteiger charge is 2.36. The molecule has 1 aliphatic carbocycles. The summed E-state index contributed by atoms with van der Waals surface area (Å²) >= 11 is 3.74. The summed E-state index contributed by atoms with van der Waals surface area (Å²) in [5, 5.41) is 0. The maximum atomic E-state index is 5.26. The lowest BCUT2D eigenvalue weighted by atomic mass is 9.79. The lowest BCUT2D eigenvalue weighted by Crippen LogP contribution is -2.19. The van der Waals surface area contributed by atoms with Crippen molar-refractivity contribution in [1.82, 2.24) is 0 Å². The first-order valence-electron chi connectivity index (χ1n) is 5.84. The van der Waals surface area contributed by atoms with E-state index in [0.717, 1.165) is 5.75 Å². The van der Waals surface area contributed by atoms with Crippen molar-refractivity contribution in [2.75, 3.05) is 7.11 Å². The molecule has 0 N–H and O–H groups in total. The Morgan fingerprint density at radius 3 is 2.69 bits per heavy atom. The average Bonchev–Trinajstić information content (AvgIpc) is 2.59. The number of hydrogen-bond acceptors (Lipinski definition) is 1. The molecule has 2 unspecified atom stereocenters. The van der Waals surface area contributed by atoms with E-state index in [-0.39, 0.29) is 0 Å². The van der Waals surface area contributed by atoms with Crippen molar-refractivity contribution >= 4 is 15.9 Å². The molecule has 2 rings (SSSR count). The largest absolute Gasteiger partial charge is 0.497 e. The van der Waals surface area contributed by atoms with Crippen LogP contribution in [-0.2, 0) is 5.41 Å². The normalized spacial score (nSPS) is 29.4. The molecule has 2 atom stereocenters. The standard InChI is InChI=1S/C14H19BrO/c1-10-8-12(16-3)4-5-13(10)14(2)7-6-11(15)9-14/h4-5,8,11H,6-7,9H2,1-3H3. The quantitative estimate of drug-likeness (QED) is 0.739. The smallest absolute Gasteiger partial charge is 0.119 e. The first kappa shape index (κ1) is 12.0. The van der Waals surface area contributed by atoms with Gasteiger partial charge in [-0.25, -0.2) is 0 Å². The molecular weight excluding hydrogens is 264 g/mol. The van der Waals surface area contributed by atoms with Gasteiger partial charge in [0.1, 0.15) is 5.75 Å². The number of hydrogen-bond donors (Lipinski definition) is 0. The van der Waals surface area contributed by atoms with E-state index in [1.165, 1.54) is 30.4 Å². The van der Waals surface area contributed by atoms with E-state index in [9.17, 15) is 0 Å². The topological polar surface area (TPSA) is 9.23 Å². The molecule has 2 heteroatoms. The minimum absolute atomic E-state index is 0.338. The van der Waals surface area contributed by atoms with Crippen LogP contribution in [0.25, 0.3) is 0 Å². The molecule has 1 aliphatic rings. The molecule has 88 valence electrons. The van der Waals surface area contributed by atoms with Gasteiger partial charge in [0.2, 0.25) is 0 Å². The summed E-state index contributed by atoms with van der Waals surface area (Å²) in [5.41, 5.74) is 3.17. The van der Waals surface area contributed by atoms with Crippen molar-refractivity contribution < 1.29 is 4.74 Å². The number of aryl methyl sites for hydroxylation is 1. The molecule has 0 heterocycles. The Balaban J connectivity index is 2.33. The maximum Gasteiger partial charge on any atom is 0.119 e. The fourth-order valence-corrected chi connectivity index (χ4v) is 3.80. The summed E-state index contributed by atoms with van der Waals surface area (Å²) in [7, 11) is 1.72. The van der Waals surface area contributed by atoms with Gasteiger partial charge in [-0.3, -0.25) is 0 Å². The van der Waals surface area contributed by atoms with Gasteiger partial charge in [-0.1, -0.05) is 28.9 Å². The van der Waals surface area contributed by atoms with Crippen LogP contribution < -0.4 is 4.74 Å². The molecule has 0 aromatic heterocycles. The van der Waals surface area contributed by atoms with Gasteiger partial charge in [-0.05, 0) is 54.9 Å². The second-order valence-corrected chi connectivity index (χ2v) is 6.38. The molecule has 1 fully saturated rings. The number of alkyl halides is 1. The van der Waals surface area contributed by atoms with Gasteiger partial charge in [0.15, 0.2) is 0 Å². The van der Waals surface area contributed by atoms with Gasteiger partial charge in [0, 0.05) is 4.83 Å². The van der Waals surface area contributed by atoms with Crippen LogP contribution in [0.5, 0.6) is 5.75 Å². The van der Waals surface area contributed by atoms with Crippen molar-refractivity contribution in [2.24, 2.45) is 0 Å². The monoisotopic (exact) mass is 282 g/mol. The highest BCUT2D eigenvalue weighted by Crippen LogP contribution is 2.44. The summed E-state index contributed by atoms with van der Waals surface area (Å²) in [6.45, 7) is 4.56. The molecule has 1 saturated carbocycles. The van der Waals surface area contributed by atoms with Crippen molar-refractivity contribution in [3.05, 3.63) is 29.3 Å². The Bertz CT molecular complexity index is 388. The van der Waals surface area contributed by atoms with E-state index in [2.05, 4.69) is 48.0 Å². The molecule has 0 aliphatic heterocycles. The van der Waals surface area contributed by atoms with Crippen LogP contribution in [0.1, 0.15) is 37.3 Å². The SMILES string of the molecule is COc1ccc(C2(C)CCC(Br)C2)c(C)c1. The second kappa shape index (κ2) is 4.40. The van der Waals surface area contributed by atoms with E-state index in [0.29, 0.717) is 10.2 Å². The van der Waals surface area contributed by atoms with Gasteiger partial charge < -0.3 is 4.74 Å². The lowest BCUT2D eigenvalue weighted by molar-refractivity contribution is 0.413. The van der Waals surface area contributed by atoms with E-state index >= 15 is 0 Å². The number of methoxy groups -OCH3 is 1. The van der Waals surface area contributed by atoms with Crippen LogP contribution in [-0.4, -0.2) is 11.9 Å². The molecule has 1 aromatic carbocycles. The zero-order valence-corrected chi connectivity index (χ0v) is 11.8. The lowest BCUT2D eigenvalue weighted by Gasteiger charge is -2.26. The van der Waals surface area contributed by atoms with Crippen LogP contribution in [0.15, 0.2) is 18.2 Å². The number of rotatable bonds is 2. The fraction of sp³-hybridized carbons (Fsp3) is 0.571. The molecule has 0 bridgehead atoms. The average molecular weight is 283 g/mol. The summed E-state index contributed by atoms with van der Waals surface area (Å²) in [5.74, 6) is 0.957. The Labute approximate surface area is 106 Å². The molecular formula is C14H19BrO. The third-order valence-electron chi connectivity index (χ3n) is 3.77. The van der Waals surface area contributed by atoms with Crippen LogP contribution in [0.2, 0.25) is 0 Å². The van der Waals surface area contributed by atoms with Gasteiger partial charge >= 0.3 is 0 Å². The van der Waals surface area contributed by atoms with E-state index in [4.69, 9.17) is 4.74 Å². The van der Waals surface area contributed by atoms with Crippen LogP contribution in [0, 0.1) is 6.92 Å². The fourth-order valence-electron chi connectivity index (χ4n) is 2.85. The van der Waals surface area contributed by atoms with Crippen molar-refractivity contribution in [3.63, 3.8) is 0 Å². The van der Waals surface area contributed by atoms with Crippen LogP contribution >= 0.6 is 15.9 Å². The minimum atomic E-state index is 0.338. The summed E-state index contributed by atoms with van der Waals surface area (Å²) < 4.78 is 5.26. The van der Waals surface area contributed by atoms with Gasteiger partial charge in [-0.2, -0.15) is 0 Å². The highest BCUT2D eigenvalue weighted by atomic mass is 79.9. The predicted molar refractivity (Wildman–Crippen MR) is 71.6 cm³/mol. The van der Waals surface area contributed by atoms with Crippen molar-refractivity contribution in [1.29, 1.82) is 0 Å². The van der Waals surface area contributed by atoms with Gasteiger partial charge in [-0.15, -0.1) is 0 Å². The Morgan fingerprint density at radius 2 is 2.19 bits per heavy atom. The van der Waals surface area contributed by atoms with Gasteiger partial charge in [0.25, 0.3) is 0 Å². The maximum absolute atomic E-state index is 5.26. The van der Waals surface area contributed by atoms with Gasteiger partial charge in [0.05, 0.1) is 7.11 Å². The summed E-state index contributed by atoms with van der Waals surface area (Å²) in [6.07, 6.45) is 3.79. The molecule has 1 nitrogen and oxygen atoms in total. The third kappa shape index (κ3) is 2.13. The summed E-state index contributed by atoms with van der Waals surface area (Å²) in [4.78, 5) is 0.680. The third-order valence-corrected chi connectivity index (χ3v) is 4.55. The van der Waals surface area contributed by atoms with Crippen LogP contribution in [0.3, 0.4) is 0 Å². The molecule has 0 saturated heterocycles. The molecule has 16 heavy (non-hydrogen) atoms. The van der Waals surface area contributed by atoms with E-state index < -0.39 is 0 Å². The molecule has 0 radical (unpaired) electrons. The number of benzene rings is 1. The van der Waals surface area contributed by atoms with Crippen LogP contribution in [0.4, 0.5) is 0 Å². The highest BCUT2D eigenvalue weighted by molar-refractivity contribution is 9.09. The summed E-state index contributed by atoms with van der Waals surface area (Å²) in [6, 6.07) is 6.45. The number of ether oxygens (including phenoxy) is 1. The predicted octanol–water partition coefficient (Wildman–Crippen LogP) is 4.21. The zero-order chi connectivity index (χ0) is 11.8. The van der Waals surface area contributed by atoms with Crippen molar-refractivity contribution in [2.45, 2.75) is 43.4 Å². The number of halogens is 1. The minimum Gasteiger partial charge on any atom is -0.497 e. The molecule has 0 spiro atoms. The Kier molecular flexibility index (Phi) is 3.29. The first-order valence-corrected chi connectivity index (χ1v) is 6.76. The van der Waals surface area contributed by atoms with Crippen molar-refractivity contribution in [3.8, 4) is 5.75 Å². The molecule has 1 aromatic rings. The zero-order valence-electron chi connectivity index (χ0n) is 10.2. The Morgan fingerprint density at radius 1 is 1.44 bits per heavy atom. The Hall–Kier alpha value is -0.500. The molecule has 0 amide bonds. The second-order valence-electron chi connectivity index (χ2n) is 5.08. The van der Waals surface area contributed by atoms with E-state index in [1.807, 2.05) is 0 Å².